The summed E-state index contributed by atoms with van der Waals surface area (Å²) < 4.78 is 0. The van der Waals surface area contributed by atoms with Crippen LogP contribution in [0.3, 0.4) is 0 Å². The van der Waals surface area contributed by atoms with Crippen molar-refractivity contribution in [1.29, 1.82) is 0 Å². The Labute approximate surface area is 132 Å². The minimum Gasteiger partial charge on any atom is -0.309 e. The lowest BCUT2D eigenvalue weighted by molar-refractivity contribution is 0.0755. The molecule has 1 aliphatic rings. The first-order valence-electron chi connectivity index (χ1n) is 7.41. The zero-order chi connectivity index (χ0) is 14.8. The first-order valence-corrected chi connectivity index (χ1v) is 8.16. The summed E-state index contributed by atoms with van der Waals surface area (Å²) in [6.45, 7) is 9.74. The molecule has 2 unspecified atom stereocenters. The Hall–Kier alpha value is -0.280. The molecule has 0 aliphatic carbocycles. The summed E-state index contributed by atoms with van der Waals surface area (Å²) in [6.07, 6.45) is 2.27. The molecule has 0 spiro atoms. The van der Waals surface area contributed by atoms with E-state index in [0.717, 1.165) is 38.0 Å². The highest BCUT2D eigenvalue weighted by atomic mass is 35.5. The van der Waals surface area contributed by atoms with Crippen LogP contribution in [0.1, 0.15) is 39.2 Å². The van der Waals surface area contributed by atoms with Gasteiger partial charge in [-0.3, -0.25) is 4.90 Å². The number of benzene rings is 1. The van der Waals surface area contributed by atoms with E-state index in [9.17, 15) is 0 Å². The maximum absolute atomic E-state index is 6.33. The quantitative estimate of drug-likeness (QED) is 0.889. The van der Waals surface area contributed by atoms with Gasteiger partial charge in [-0.25, -0.2) is 0 Å². The number of rotatable bonds is 4. The Bertz CT molecular complexity index is 464. The van der Waals surface area contributed by atoms with Crippen molar-refractivity contribution in [2.24, 2.45) is 0 Å². The minimum absolute atomic E-state index is 0.191. The second-order valence-corrected chi connectivity index (χ2v) is 6.76. The van der Waals surface area contributed by atoms with Crippen molar-refractivity contribution in [2.75, 3.05) is 13.1 Å². The number of nitrogens with one attached hydrogen (secondary N) is 1. The lowest BCUT2D eigenvalue weighted by Gasteiger charge is -2.46. The van der Waals surface area contributed by atoms with E-state index < -0.39 is 0 Å². The number of hydrogen-bond acceptors (Lipinski definition) is 2. The van der Waals surface area contributed by atoms with Gasteiger partial charge in [0.1, 0.15) is 0 Å². The molecule has 1 aromatic rings. The van der Waals surface area contributed by atoms with Crippen LogP contribution in [-0.2, 0) is 6.54 Å². The molecule has 1 N–H and O–H groups in total. The smallest absolute Gasteiger partial charge is 0.0637 e. The fourth-order valence-electron chi connectivity index (χ4n) is 2.84. The normalized spacial score (nSPS) is 27.8. The molecule has 2 atom stereocenters. The largest absolute Gasteiger partial charge is 0.309 e. The number of piperazine rings is 1. The van der Waals surface area contributed by atoms with Crippen LogP contribution in [-0.4, -0.2) is 29.6 Å². The van der Waals surface area contributed by atoms with Gasteiger partial charge in [0.2, 0.25) is 0 Å². The molecule has 2 nitrogen and oxygen atoms in total. The van der Waals surface area contributed by atoms with Crippen molar-refractivity contribution in [3.05, 3.63) is 33.8 Å². The maximum Gasteiger partial charge on any atom is 0.0637 e. The van der Waals surface area contributed by atoms with Crippen LogP contribution in [0.25, 0.3) is 0 Å². The molecule has 0 saturated carbocycles. The minimum atomic E-state index is 0.191. The third-order valence-electron chi connectivity index (χ3n) is 4.49. The van der Waals surface area contributed by atoms with E-state index in [-0.39, 0.29) is 5.54 Å². The fourth-order valence-corrected chi connectivity index (χ4v) is 3.22. The van der Waals surface area contributed by atoms with Crippen LogP contribution >= 0.6 is 23.2 Å². The number of hydrogen-bond donors (Lipinski definition) is 1. The Morgan fingerprint density at radius 2 is 2.10 bits per heavy atom. The highest BCUT2D eigenvalue weighted by molar-refractivity contribution is 6.42. The first kappa shape index (κ1) is 16.1. The van der Waals surface area contributed by atoms with Crippen molar-refractivity contribution >= 4 is 23.2 Å². The molecular weight excluding hydrogens is 291 g/mol. The molecular formula is C16H24Cl2N2. The average Bonchev–Trinajstić information content (AvgIpc) is 2.44. The Morgan fingerprint density at radius 1 is 1.35 bits per heavy atom. The molecule has 4 heteroatoms. The second-order valence-electron chi connectivity index (χ2n) is 5.98. The van der Waals surface area contributed by atoms with E-state index in [2.05, 4.69) is 37.1 Å². The van der Waals surface area contributed by atoms with Gasteiger partial charge in [0.15, 0.2) is 0 Å². The van der Waals surface area contributed by atoms with Crippen LogP contribution in [0.2, 0.25) is 10.0 Å². The van der Waals surface area contributed by atoms with Gasteiger partial charge in [0.25, 0.3) is 0 Å². The van der Waals surface area contributed by atoms with Gasteiger partial charge in [-0.05, 0) is 31.4 Å². The van der Waals surface area contributed by atoms with E-state index in [4.69, 9.17) is 23.2 Å². The molecule has 0 amide bonds. The third kappa shape index (κ3) is 3.48. The van der Waals surface area contributed by atoms with Crippen LogP contribution in [0.5, 0.6) is 0 Å². The van der Waals surface area contributed by atoms with Crippen LogP contribution in [0, 0.1) is 0 Å². The molecule has 1 fully saturated rings. The third-order valence-corrected chi connectivity index (χ3v) is 5.35. The summed E-state index contributed by atoms with van der Waals surface area (Å²) in [6, 6.07) is 6.46. The van der Waals surface area contributed by atoms with Crippen molar-refractivity contribution in [3.8, 4) is 0 Å². The van der Waals surface area contributed by atoms with E-state index in [1.54, 1.807) is 0 Å². The molecule has 2 rings (SSSR count). The molecule has 1 aliphatic heterocycles. The van der Waals surface area contributed by atoms with Gasteiger partial charge in [-0.2, -0.15) is 0 Å². The SMILES string of the molecule is CCC1CNC(C)(CC)CN1Cc1cccc(Cl)c1Cl. The second kappa shape index (κ2) is 6.65. The van der Waals surface area contributed by atoms with Gasteiger partial charge in [-0.15, -0.1) is 0 Å². The predicted octanol–water partition coefficient (Wildman–Crippen LogP) is 4.35. The zero-order valence-corrected chi connectivity index (χ0v) is 14.1. The van der Waals surface area contributed by atoms with E-state index >= 15 is 0 Å². The van der Waals surface area contributed by atoms with Crippen LogP contribution in [0.15, 0.2) is 18.2 Å². The highest BCUT2D eigenvalue weighted by Gasteiger charge is 2.33. The molecule has 1 heterocycles. The maximum atomic E-state index is 6.33. The summed E-state index contributed by atoms with van der Waals surface area (Å²) in [5, 5.41) is 5.03. The standard InChI is InChI=1S/C16H24Cl2N2/c1-4-13-9-19-16(3,5-2)11-20(13)10-12-7-6-8-14(17)15(12)18/h6-8,13,19H,4-5,9-11H2,1-3H3. The first-order chi connectivity index (χ1) is 9.49. The highest BCUT2D eigenvalue weighted by Crippen LogP contribution is 2.29. The molecule has 20 heavy (non-hydrogen) atoms. The van der Waals surface area contributed by atoms with E-state index in [1.807, 2.05) is 12.1 Å². The van der Waals surface area contributed by atoms with Crippen molar-refractivity contribution in [1.82, 2.24) is 10.2 Å². The molecule has 0 aromatic heterocycles. The van der Waals surface area contributed by atoms with Crippen molar-refractivity contribution in [3.63, 3.8) is 0 Å². The van der Waals surface area contributed by atoms with E-state index in [0.29, 0.717) is 16.1 Å². The monoisotopic (exact) mass is 314 g/mol. The summed E-state index contributed by atoms with van der Waals surface area (Å²) in [5.41, 5.74) is 1.31. The van der Waals surface area contributed by atoms with Crippen LogP contribution < -0.4 is 5.32 Å². The fraction of sp³-hybridized carbons (Fsp3) is 0.625. The topological polar surface area (TPSA) is 15.3 Å². The predicted molar refractivity (Wildman–Crippen MR) is 87.6 cm³/mol. The number of nitrogens with zero attached hydrogens (tertiary/aromatic N) is 1. The van der Waals surface area contributed by atoms with E-state index in [1.165, 1.54) is 0 Å². The van der Waals surface area contributed by atoms with Crippen molar-refractivity contribution in [2.45, 2.75) is 51.7 Å². The summed E-state index contributed by atoms with van der Waals surface area (Å²) in [7, 11) is 0. The molecule has 0 bridgehead atoms. The van der Waals surface area contributed by atoms with Gasteiger partial charge < -0.3 is 5.32 Å². The molecule has 1 aromatic carbocycles. The molecule has 0 radical (unpaired) electrons. The van der Waals surface area contributed by atoms with Crippen molar-refractivity contribution < 1.29 is 0 Å². The van der Waals surface area contributed by atoms with Gasteiger partial charge in [0, 0.05) is 31.2 Å². The number of halogens is 2. The summed E-state index contributed by atoms with van der Waals surface area (Å²) in [4.78, 5) is 2.54. The Balaban J connectivity index is 2.17. The lowest BCUT2D eigenvalue weighted by Crippen LogP contribution is -2.62. The average molecular weight is 315 g/mol. The van der Waals surface area contributed by atoms with Gasteiger partial charge >= 0.3 is 0 Å². The zero-order valence-electron chi connectivity index (χ0n) is 12.5. The Kier molecular flexibility index (Phi) is 5.36. The summed E-state index contributed by atoms with van der Waals surface area (Å²) >= 11 is 12.5. The lowest BCUT2D eigenvalue weighted by atomic mass is 9.92. The molecule has 112 valence electrons. The van der Waals surface area contributed by atoms with Crippen LogP contribution in [0.4, 0.5) is 0 Å². The summed E-state index contributed by atoms with van der Waals surface area (Å²) in [5.74, 6) is 0. The Morgan fingerprint density at radius 3 is 2.75 bits per heavy atom. The van der Waals surface area contributed by atoms with Gasteiger partial charge in [0.05, 0.1) is 10.0 Å². The molecule has 1 saturated heterocycles. The van der Waals surface area contributed by atoms with Gasteiger partial charge in [-0.1, -0.05) is 49.2 Å².